The second kappa shape index (κ2) is 8.72. The summed E-state index contributed by atoms with van der Waals surface area (Å²) >= 11 is 0. The van der Waals surface area contributed by atoms with Gasteiger partial charge in [0.2, 0.25) is 0 Å². The number of unbranched alkanes of at least 4 members (excludes halogenated alkanes) is 7. The number of hydrogen-bond donors (Lipinski definition) is 1. The monoisotopic (exact) mass is 253 g/mol. The summed E-state index contributed by atoms with van der Waals surface area (Å²) in [6.07, 6.45) is 12.2. The molecule has 1 N–H and O–H groups in total. The Morgan fingerprint density at radius 1 is 1.17 bits per heavy atom. The van der Waals surface area contributed by atoms with E-state index in [4.69, 9.17) is 9.63 Å². The Hall–Kier alpha value is -1.32. The van der Waals surface area contributed by atoms with Crippen molar-refractivity contribution in [3.8, 4) is 0 Å². The van der Waals surface area contributed by atoms with E-state index in [0.717, 1.165) is 19.3 Å². The summed E-state index contributed by atoms with van der Waals surface area (Å²) < 4.78 is 4.70. The summed E-state index contributed by atoms with van der Waals surface area (Å²) in [6.45, 7) is 2.22. The highest BCUT2D eigenvalue weighted by molar-refractivity contribution is 5.86. The zero-order valence-electron chi connectivity index (χ0n) is 11.2. The van der Waals surface area contributed by atoms with Crippen molar-refractivity contribution in [2.24, 2.45) is 0 Å². The smallest absolute Gasteiger partial charge is 0.358 e. The molecule has 0 bridgehead atoms. The lowest BCUT2D eigenvalue weighted by Crippen LogP contribution is -2.01. The molecule has 0 fully saturated rings. The van der Waals surface area contributed by atoms with E-state index < -0.39 is 5.97 Å². The Kier molecular flexibility index (Phi) is 7.14. The number of nitrogens with zero attached hydrogens (tertiary/aromatic N) is 1. The van der Waals surface area contributed by atoms with Gasteiger partial charge in [0.25, 0.3) is 0 Å². The summed E-state index contributed by atoms with van der Waals surface area (Å²) in [7, 11) is 0. The van der Waals surface area contributed by atoms with Crippen molar-refractivity contribution >= 4 is 5.97 Å². The fourth-order valence-corrected chi connectivity index (χ4v) is 2.06. The Labute approximate surface area is 108 Å². The lowest BCUT2D eigenvalue weighted by molar-refractivity contribution is 0.0684. The van der Waals surface area contributed by atoms with E-state index in [1.54, 1.807) is 0 Å². The minimum atomic E-state index is -1.00. The van der Waals surface area contributed by atoms with Crippen molar-refractivity contribution < 1.29 is 14.4 Å². The van der Waals surface area contributed by atoms with Crippen LogP contribution in [-0.2, 0) is 6.42 Å². The second-order valence-corrected chi connectivity index (χ2v) is 4.72. The summed E-state index contributed by atoms with van der Waals surface area (Å²) in [5.41, 5.74) is 0.784. The van der Waals surface area contributed by atoms with E-state index >= 15 is 0 Å². The van der Waals surface area contributed by atoms with E-state index in [9.17, 15) is 4.79 Å². The molecule has 102 valence electrons. The minimum absolute atomic E-state index is 0.0675. The van der Waals surface area contributed by atoms with Crippen molar-refractivity contribution in [3.05, 3.63) is 17.5 Å². The standard InChI is InChI=1S/C14H23NO3/c1-2-3-4-5-6-7-8-9-10-12-11-18-15-13(12)14(16)17/h11H,2-10H2,1H3,(H,16,17). The maximum absolute atomic E-state index is 10.8. The molecule has 0 aliphatic rings. The van der Waals surface area contributed by atoms with Crippen molar-refractivity contribution in [2.75, 3.05) is 0 Å². The highest BCUT2D eigenvalue weighted by Crippen LogP contribution is 2.13. The number of hydrogen-bond acceptors (Lipinski definition) is 3. The van der Waals surface area contributed by atoms with Gasteiger partial charge in [-0.05, 0) is 12.8 Å². The van der Waals surface area contributed by atoms with E-state index in [1.165, 1.54) is 44.8 Å². The van der Waals surface area contributed by atoms with Crippen LogP contribution in [0.4, 0.5) is 0 Å². The molecule has 0 radical (unpaired) electrons. The first-order valence-corrected chi connectivity index (χ1v) is 6.92. The highest BCUT2D eigenvalue weighted by atomic mass is 16.5. The zero-order chi connectivity index (χ0) is 13.2. The van der Waals surface area contributed by atoms with Crippen molar-refractivity contribution in [1.82, 2.24) is 5.16 Å². The van der Waals surface area contributed by atoms with Gasteiger partial charge in [-0.2, -0.15) is 0 Å². The lowest BCUT2D eigenvalue weighted by Gasteiger charge is -2.01. The van der Waals surface area contributed by atoms with Gasteiger partial charge in [-0.3, -0.25) is 0 Å². The largest absolute Gasteiger partial charge is 0.476 e. The van der Waals surface area contributed by atoms with E-state index in [0.29, 0.717) is 5.56 Å². The Morgan fingerprint density at radius 2 is 1.78 bits per heavy atom. The molecule has 1 heterocycles. The van der Waals surface area contributed by atoms with Crippen LogP contribution in [0.15, 0.2) is 10.8 Å². The SMILES string of the molecule is CCCCCCCCCCc1conc1C(=O)O. The third-order valence-corrected chi connectivity index (χ3v) is 3.15. The van der Waals surface area contributed by atoms with Gasteiger partial charge in [0, 0.05) is 5.56 Å². The summed E-state index contributed by atoms with van der Waals surface area (Å²) in [6, 6.07) is 0. The number of aromatic nitrogens is 1. The molecule has 0 saturated heterocycles. The molecule has 1 rings (SSSR count). The van der Waals surface area contributed by atoms with E-state index in [-0.39, 0.29) is 5.69 Å². The van der Waals surface area contributed by atoms with Crippen LogP contribution >= 0.6 is 0 Å². The van der Waals surface area contributed by atoms with Crippen LogP contribution in [-0.4, -0.2) is 16.2 Å². The van der Waals surface area contributed by atoms with Crippen molar-refractivity contribution in [3.63, 3.8) is 0 Å². The fraction of sp³-hybridized carbons (Fsp3) is 0.714. The minimum Gasteiger partial charge on any atom is -0.476 e. The number of rotatable bonds is 10. The molecular formula is C14H23NO3. The first kappa shape index (κ1) is 14.7. The molecule has 4 heteroatoms. The van der Waals surface area contributed by atoms with E-state index in [1.807, 2.05) is 0 Å². The van der Waals surface area contributed by atoms with Crippen LogP contribution in [0.2, 0.25) is 0 Å². The van der Waals surface area contributed by atoms with Crippen LogP contribution in [0.3, 0.4) is 0 Å². The van der Waals surface area contributed by atoms with Gasteiger partial charge in [0.05, 0.1) is 0 Å². The molecule has 0 amide bonds. The number of aromatic carboxylic acids is 1. The normalized spacial score (nSPS) is 10.7. The van der Waals surface area contributed by atoms with Crippen LogP contribution < -0.4 is 0 Å². The number of carboxylic acids is 1. The first-order chi connectivity index (χ1) is 8.75. The van der Waals surface area contributed by atoms with Gasteiger partial charge in [-0.15, -0.1) is 0 Å². The predicted molar refractivity (Wildman–Crippen MR) is 69.8 cm³/mol. The van der Waals surface area contributed by atoms with Gasteiger partial charge in [0.1, 0.15) is 6.26 Å². The fourth-order valence-electron chi connectivity index (χ4n) is 2.06. The van der Waals surface area contributed by atoms with Gasteiger partial charge < -0.3 is 9.63 Å². The number of carboxylic acid groups (broad SMARTS) is 1. The van der Waals surface area contributed by atoms with Crippen LogP contribution in [0.1, 0.15) is 74.3 Å². The van der Waals surface area contributed by atoms with Crippen LogP contribution in [0.5, 0.6) is 0 Å². The summed E-state index contributed by atoms with van der Waals surface area (Å²) in [4.78, 5) is 10.8. The second-order valence-electron chi connectivity index (χ2n) is 4.72. The average Bonchev–Trinajstić information content (AvgIpc) is 2.81. The van der Waals surface area contributed by atoms with Gasteiger partial charge in [-0.1, -0.05) is 57.0 Å². The lowest BCUT2D eigenvalue weighted by atomic mass is 10.0. The Morgan fingerprint density at radius 3 is 2.39 bits per heavy atom. The molecule has 0 spiro atoms. The first-order valence-electron chi connectivity index (χ1n) is 6.92. The Bertz CT molecular complexity index is 347. The maximum atomic E-state index is 10.8. The molecule has 0 aliphatic carbocycles. The third kappa shape index (κ3) is 5.34. The molecule has 0 unspecified atom stereocenters. The molecule has 0 saturated carbocycles. The van der Waals surface area contributed by atoms with Crippen molar-refractivity contribution in [2.45, 2.75) is 64.7 Å². The molecule has 0 aromatic carbocycles. The van der Waals surface area contributed by atoms with Gasteiger partial charge in [0.15, 0.2) is 5.69 Å². The van der Waals surface area contributed by atoms with Gasteiger partial charge in [-0.25, -0.2) is 4.79 Å². The van der Waals surface area contributed by atoms with Gasteiger partial charge >= 0.3 is 5.97 Å². The quantitative estimate of drug-likeness (QED) is 0.639. The summed E-state index contributed by atoms with van der Waals surface area (Å²) in [5, 5.41) is 12.3. The Balaban J connectivity index is 2.07. The molecule has 0 atom stereocenters. The molecule has 1 aromatic rings. The van der Waals surface area contributed by atoms with Crippen LogP contribution in [0.25, 0.3) is 0 Å². The highest BCUT2D eigenvalue weighted by Gasteiger charge is 2.13. The van der Waals surface area contributed by atoms with Crippen LogP contribution in [0, 0.1) is 0 Å². The zero-order valence-corrected chi connectivity index (χ0v) is 11.2. The molecule has 18 heavy (non-hydrogen) atoms. The van der Waals surface area contributed by atoms with E-state index in [2.05, 4.69) is 12.1 Å². The molecule has 0 aliphatic heterocycles. The predicted octanol–water partition coefficient (Wildman–Crippen LogP) is 4.06. The average molecular weight is 253 g/mol. The molecular weight excluding hydrogens is 230 g/mol. The third-order valence-electron chi connectivity index (χ3n) is 3.15. The topological polar surface area (TPSA) is 63.3 Å². The number of carbonyl (C=O) groups is 1. The number of aryl methyl sites for hydroxylation is 1. The molecule has 4 nitrogen and oxygen atoms in total. The summed E-state index contributed by atoms with van der Waals surface area (Å²) in [5.74, 6) is -1.00. The van der Waals surface area contributed by atoms with Crippen molar-refractivity contribution in [1.29, 1.82) is 0 Å². The maximum Gasteiger partial charge on any atom is 0.358 e. The molecule has 1 aromatic heterocycles.